The van der Waals surface area contributed by atoms with Crippen LogP contribution in [0.1, 0.15) is 19.3 Å². The van der Waals surface area contributed by atoms with Crippen LogP contribution in [0.4, 0.5) is 20.2 Å². The van der Waals surface area contributed by atoms with Crippen LogP contribution >= 0.6 is 0 Å². The maximum absolute atomic E-state index is 14.0. The van der Waals surface area contributed by atoms with Crippen molar-refractivity contribution in [1.29, 1.82) is 0 Å². The maximum atomic E-state index is 14.0. The molecule has 2 aliphatic heterocycles. The van der Waals surface area contributed by atoms with E-state index in [0.29, 0.717) is 23.6 Å². The Morgan fingerprint density at radius 2 is 2.11 bits per heavy atom. The van der Waals surface area contributed by atoms with E-state index in [4.69, 9.17) is 0 Å². The summed E-state index contributed by atoms with van der Waals surface area (Å²) in [6.45, 7) is 1.75. The number of hydrogen-bond acceptors (Lipinski definition) is 2. The summed E-state index contributed by atoms with van der Waals surface area (Å²) in [7, 11) is 0. The standard InChI is InChI=1S/C14H16F2N2/c15-10-4-5-11-14(13(10)16)18-7-8-2-1-3-9(8)12(18)6-17-11/h4-5,8-9,12,17H,1-3,6-7H2. The molecular formula is C14H16F2N2. The van der Waals surface area contributed by atoms with Gasteiger partial charge >= 0.3 is 0 Å². The second kappa shape index (κ2) is 3.59. The van der Waals surface area contributed by atoms with Gasteiger partial charge in [0.25, 0.3) is 0 Å². The van der Waals surface area contributed by atoms with Crippen molar-refractivity contribution in [2.45, 2.75) is 25.3 Å². The monoisotopic (exact) mass is 250 g/mol. The summed E-state index contributed by atoms with van der Waals surface area (Å²) >= 11 is 0. The lowest BCUT2D eigenvalue weighted by Gasteiger charge is -2.36. The number of hydrogen-bond donors (Lipinski definition) is 1. The summed E-state index contributed by atoms with van der Waals surface area (Å²) in [6.07, 6.45) is 3.77. The smallest absolute Gasteiger partial charge is 0.184 e. The van der Waals surface area contributed by atoms with E-state index in [-0.39, 0.29) is 0 Å². The van der Waals surface area contributed by atoms with Crippen LogP contribution in [0.2, 0.25) is 0 Å². The van der Waals surface area contributed by atoms with Crippen molar-refractivity contribution >= 4 is 11.4 Å². The van der Waals surface area contributed by atoms with Crippen molar-refractivity contribution < 1.29 is 8.78 Å². The minimum atomic E-state index is -0.742. The Morgan fingerprint density at radius 1 is 1.22 bits per heavy atom. The SMILES string of the molecule is Fc1ccc2c(c1F)N1CC3CCCC3C1CN2. The van der Waals surface area contributed by atoms with Gasteiger partial charge in [-0.2, -0.15) is 0 Å². The van der Waals surface area contributed by atoms with Crippen molar-refractivity contribution in [3.63, 3.8) is 0 Å². The van der Waals surface area contributed by atoms with Gasteiger partial charge in [0.1, 0.15) is 0 Å². The van der Waals surface area contributed by atoms with E-state index in [2.05, 4.69) is 10.2 Å². The molecule has 1 saturated heterocycles. The van der Waals surface area contributed by atoms with Gasteiger partial charge in [-0.15, -0.1) is 0 Å². The van der Waals surface area contributed by atoms with E-state index < -0.39 is 11.6 Å². The molecule has 0 amide bonds. The Hall–Kier alpha value is -1.32. The van der Waals surface area contributed by atoms with Crippen LogP contribution in [-0.2, 0) is 0 Å². The minimum Gasteiger partial charge on any atom is -0.381 e. The largest absolute Gasteiger partial charge is 0.381 e. The van der Waals surface area contributed by atoms with Crippen molar-refractivity contribution in [2.24, 2.45) is 11.8 Å². The first-order chi connectivity index (χ1) is 8.75. The fourth-order valence-corrected chi connectivity index (χ4v) is 4.11. The number of fused-ring (bicyclic) bond motifs is 5. The number of rotatable bonds is 0. The summed E-state index contributed by atoms with van der Waals surface area (Å²) in [5.74, 6) is -0.100. The van der Waals surface area contributed by atoms with Gasteiger partial charge < -0.3 is 10.2 Å². The highest BCUT2D eigenvalue weighted by molar-refractivity contribution is 5.74. The molecule has 2 nitrogen and oxygen atoms in total. The lowest BCUT2D eigenvalue weighted by atomic mass is 9.93. The van der Waals surface area contributed by atoms with E-state index in [0.717, 1.165) is 18.8 Å². The lowest BCUT2D eigenvalue weighted by molar-refractivity contribution is 0.427. The van der Waals surface area contributed by atoms with Crippen LogP contribution in [-0.4, -0.2) is 19.1 Å². The molecule has 18 heavy (non-hydrogen) atoms. The number of benzene rings is 1. The zero-order valence-electron chi connectivity index (χ0n) is 10.1. The molecule has 4 rings (SSSR count). The Bertz CT molecular complexity index is 503. The molecule has 96 valence electrons. The van der Waals surface area contributed by atoms with Gasteiger partial charge in [0, 0.05) is 19.1 Å². The van der Waals surface area contributed by atoms with Gasteiger partial charge in [-0.05, 0) is 36.8 Å². The van der Waals surface area contributed by atoms with Crippen LogP contribution in [0.5, 0.6) is 0 Å². The number of nitrogens with one attached hydrogen (secondary N) is 1. The van der Waals surface area contributed by atoms with Crippen molar-refractivity contribution in [1.82, 2.24) is 0 Å². The molecule has 0 radical (unpaired) electrons. The quantitative estimate of drug-likeness (QED) is 0.761. The summed E-state index contributed by atoms with van der Waals surface area (Å²) < 4.78 is 27.5. The Balaban J connectivity index is 1.80. The van der Waals surface area contributed by atoms with Crippen molar-refractivity contribution in [3.05, 3.63) is 23.8 Å². The fraction of sp³-hybridized carbons (Fsp3) is 0.571. The molecule has 1 N–H and O–H groups in total. The van der Waals surface area contributed by atoms with Crippen LogP contribution in [0.3, 0.4) is 0 Å². The third-order valence-corrected chi connectivity index (χ3v) is 4.90. The average molecular weight is 250 g/mol. The average Bonchev–Trinajstić information content (AvgIpc) is 2.93. The highest BCUT2D eigenvalue weighted by Gasteiger charge is 2.46. The Morgan fingerprint density at radius 3 is 3.00 bits per heavy atom. The molecule has 0 aromatic heterocycles. The van der Waals surface area contributed by atoms with E-state index in [1.807, 2.05) is 0 Å². The molecule has 1 saturated carbocycles. The zero-order valence-corrected chi connectivity index (χ0v) is 10.1. The second-order valence-electron chi connectivity index (χ2n) is 5.71. The maximum Gasteiger partial charge on any atom is 0.184 e. The summed E-state index contributed by atoms with van der Waals surface area (Å²) in [4.78, 5) is 2.11. The highest BCUT2D eigenvalue weighted by atomic mass is 19.2. The second-order valence-corrected chi connectivity index (χ2v) is 5.71. The topological polar surface area (TPSA) is 15.3 Å². The molecule has 1 aromatic rings. The van der Waals surface area contributed by atoms with Crippen LogP contribution < -0.4 is 10.2 Å². The Kier molecular flexibility index (Phi) is 2.11. The highest BCUT2D eigenvalue weighted by Crippen LogP contribution is 2.48. The van der Waals surface area contributed by atoms with E-state index in [1.54, 1.807) is 6.07 Å². The third kappa shape index (κ3) is 1.26. The molecule has 3 atom stereocenters. The first kappa shape index (κ1) is 10.6. The molecule has 1 aliphatic carbocycles. The van der Waals surface area contributed by atoms with Crippen molar-refractivity contribution in [3.8, 4) is 0 Å². The summed E-state index contributed by atoms with van der Waals surface area (Å²) in [5, 5.41) is 3.27. The van der Waals surface area contributed by atoms with Gasteiger partial charge in [-0.25, -0.2) is 8.78 Å². The molecule has 2 fully saturated rings. The van der Waals surface area contributed by atoms with Crippen LogP contribution in [0.15, 0.2) is 12.1 Å². The van der Waals surface area contributed by atoms with Gasteiger partial charge in [0.05, 0.1) is 11.4 Å². The number of nitrogens with zero attached hydrogens (tertiary/aromatic N) is 1. The fourth-order valence-electron chi connectivity index (χ4n) is 4.11. The van der Waals surface area contributed by atoms with E-state index in [1.165, 1.54) is 25.3 Å². The van der Waals surface area contributed by atoms with Gasteiger partial charge in [-0.1, -0.05) is 6.42 Å². The van der Waals surface area contributed by atoms with E-state index in [9.17, 15) is 8.78 Å². The molecule has 1 aromatic carbocycles. The lowest BCUT2D eigenvalue weighted by Crippen LogP contribution is -2.43. The molecule has 3 unspecified atom stereocenters. The molecular weight excluding hydrogens is 234 g/mol. The first-order valence-corrected chi connectivity index (χ1v) is 6.74. The normalized spacial score (nSPS) is 32.8. The van der Waals surface area contributed by atoms with Crippen LogP contribution in [0.25, 0.3) is 0 Å². The van der Waals surface area contributed by atoms with E-state index >= 15 is 0 Å². The van der Waals surface area contributed by atoms with Crippen molar-refractivity contribution in [2.75, 3.05) is 23.3 Å². The molecule has 0 bridgehead atoms. The number of anilines is 2. The first-order valence-electron chi connectivity index (χ1n) is 6.74. The van der Waals surface area contributed by atoms with Gasteiger partial charge in [-0.3, -0.25) is 0 Å². The summed E-state index contributed by atoms with van der Waals surface area (Å²) in [6, 6.07) is 3.21. The molecule has 2 heterocycles. The minimum absolute atomic E-state index is 0.348. The third-order valence-electron chi connectivity index (χ3n) is 4.90. The van der Waals surface area contributed by atoms with Crippen LogP contribution in [0, 0.1) is 23.5 Å². The molecule has 4 heteroatoms. The molecule has 0 spiro atoms. The Labute approximate surface area is 105 Å². The summed E-state index contributed by atoms with van der Waals surface area (Å²) in [5.41, 5.74) is 1.20. The molecule has 3 aliphatic rings. The van der Waals surface area contributed by atoms with Gasteiger partial charge in [0.15, 0.2) is 11.6 Å². The number of halogens is 2. The predicted octanol–water partition coefficient (Wildman–Crippen LogP) is 3.00. The predicted molar refractivity (Wildman–Crippen MR) is 66.8 cm³/mol. The van der Waals surface area contributed by atoms with Gasteiger partial charge in [0.2, 0.25) is 0 Å². The zero-order chi connectivity index (χ0) is 12.3.